The largest absolute Gasteiger partial charge is 0.492 e. The third-order valence-electron chi connectivity index (χ3n) is 3.96. The van der Waals surface area contributed by atoms with E-state index in [1.54, 1.807) is 32.0 Å². The Morgan fingerprint density at radius 2 is 2.12 bits per heavy atom. The number of ether oxygens (including phenoxy) is 1. The van der Waals surface area contributed by atoms with Gasteiger partial charge in [-0.25, -0.2) is 8.42 Å². The SMILES string of the molecule is CCCCNC(=O)C(C)(C)COc1cccc2c1C(N)=NS(=O)(=O)C2. The van der Waals surface area contributed by atoms with Crippen LogP contribution in [0.1, 0.15) is 44.7 Å². The van der Waals surface area contributed by atoms with Crippen molar-refractivity contribution in [2.45, 2.75) is 39.4 Å². The van der Waals surface area contributed by atoms with Crippen LogP contribution in [0.15, 0.2) is 22.6 Å². The van der Waals surface area contributed by atoms with Crippen LogP contribution in [0.2, 0.25) is 0 Å². The summed E-state index contributed by atoms with van der Waals surface area (Å²) in [6.45, 7) is 6.43. The number of benzene rings is 1. The number of fused-ring (bicyclic) bond motifs is 1. The summed E-state index contributed by atoms with van der Waals surface area (Å²) in [4.78, 5) is 12.3. The van der Waals surface area contributed by atoms with Crippen molar-refractivity contribution in [1.29, 1.82) is 0 Å². The van der Waals surface area contributed by atoms with E-state index in [2.05, 4.69) is 16.6 Å². The molecule has 0 saturated carbocycles. The minimum absolute atomic E-state index is 0.0814. The Balaban J connectivity index is 2.13. The Morgan fingerprint density at radius 3 is 2.80 bits per heavy atom. The zero-order valence-corrected chi connectivity index (χ0v) is 15.6. The van der Waals surface area contributed by atoms with Crippen LogP contribution in [-0.2, 0) is 20.6 Å². The third kappa shape index (κ3) is 4.72. The molecule has 8 heteroatoms. The van der Waals surface area contributed by atoms with Crippen LogP contribution in [0.5, 0.6) is 5.75 Å². The van der Waals surface area contributed by atoms with E-state index in [9.17, 15) is 13.2 Å². The first-order valence-electron chi connectivity index (χ1n) is 8.28. The Labute approximate surface area is 148 Å². The normalized spacial score (nSPS) is 15.9. The molecule has 0 atom stereocenters. The molecule has 7 nitrogen and oxygen atoms in total. The van der Waals surface area contributed by atoms with E-state index in [4.69, 9.17) is 10.5 Å². The van der Waals surface area contributed by atoms with Gasteiger partial charge in [0.2, 0.25) is 5.91 Å². The van der Waals surface area contributed by atoms with Crippen LogP contribution in [0.3, 0.4) is 0 Å². The first-order chi connectivity index (χ1) is 11.7. The molecule has 1 aliphatic rings. The van der Waals surface area contributed by atoms with Gasteiger partial charge in [-0.05, 0) is 31.9 Å². The number of nitrogens with two attached hydrogens (primary N) is 1. The molecule has 1 aliphatic heterocycles. The molecule has 1 aromatic carbocycles. The van der Waals surface area contributed by atoms with Crippen LogP contribution < -0.4 is 15.8 Å². The van der Waals surface area contributed by atoms with E-state index >= 15 is 0 Å². The summed E-state index contributed by atoms with van der Waals surface area (Å²) in [5.74, 6) is 0.0568. The van der Waals surface area contributed by atoms with Gasteiger partial charge in [-0.15, -0.1) is 4.40 Å². The third-order valence-corrected chi connectivity index (χ3v) is 5.11. The van der Waals surface area contributed by atoms with E-state index in [1.165, 1.54) is 0 Å². The predicted molar refractivity (Wildman–Crippen MR) is 97.0 cm³/mol. The van der Waals surface area contributed by atoms with E-state index in [0.717, 1.165) is 12.8 Å². The summed E-state index contributed by atoms with van der Waals surface area (Å²) in [5.41, 5.74) is 6.12. The molecular formula is C17H25N3O4S. The van der Waals surface area contributed by atoms with Crippen LogP contribution in [0.4, 0.5) is 0 Å². The van der Waals surface area contributed by atoms with E-state index < -0.39 is 15.4 Å². The number of sulfonamides is 1. The number of hydrogen-bond donors (Lipinski definition) is 2. The maximum atomic E-state index is 12.3. The topological polar surface area (TPSA) is 111 Å². The molecule has 0 fully saturated rings. The molecule has 1 aromatic rings. The molecule has 0 saturated heterocycles. The van der Waals surface area contributed by atoms with Crippen LogP contribution in [0, 0.1) is 5.41 Å². The van der Waals surface area contributed by atoms with Gasteiger partial charge in [0.25, 0.3) is 10.0 Å². The van der Waals surface area contributed by atoms with Crippen molar-refractivity contribution in [2.75, 3.05) is 13.2 Å². The zero-order valence-electron chi connectivity index (χ0n) is 14.8. The average Bonchev–Trinajstić information content (AvgIpc) is 2.51. The van der Waals surface area contributed by atoms with E-state index in [0.29, 0.717) is 23.4 Å². The first-order valence-corrected chi connectivity index (χ1v) is 9.88. The standard InChI is InChI=1S/C17H25N3O4S/c1-4-5-9-19-16(21)17(2,3)11-24-13-8-6-7-12-10-25(22,23)20-15(18)14(12)13/h6-8H,4-5,9-11H2,1-3H3,(H2,18,20)(H,19,21). The Kier molecular flexibility index (Phi) is 5.72. The lowest BCUT2D eigenvalue weighted by molar-refractivity contribution is -0.130. The van der Waals surface area contributed by atoms with Gasteiger partial charge in [0.1, 0.15) is 18.2 Å². The smallest absolute Gasteiger partial charge is 0.259 e. The molecule has 3 N–H and O–H groups in total. The first kappa shape index (κ1) is 19.2. The fourth-order valence-corrected chi connectivity index (χ4v) is 3.56. The summed E-state index contributed by atoms with van der Waals surface area (Å²) in [6, 6.07) is 5.09. The monoisotopic (exact) mass is 367 g/mol. The molecule has 0 aromatic heterocycles. The highest BCUT2D eigenvalue weighted by Crippen LogP contribution is 2.29. The van der Waals surface area contributed by atoms with Crippen LogP contribution >= 0.6 is 0 Å². The lowest BCUT2D eigenvalue weighted by Crippen LogP contribution is -2.41. The number of amides is 1. The highest BCUT2D eigenvalue weighted by molar-refractivity contribution is 7.89. The number of hydrogen-bond acceptors (Lipinski definition) is 5. The number of carbonyl (C=O) groups excluding carboxylic acids is 1. The number of unbranched alkanes of at least 4 members (excludes halogenated alkanes) is 1. The number of nitrogens with one attached hydrogen (secondary N) is 1. The fraction of sp³-hybridized carbons (Fsp3) is 0.529. The molecule has 25 heavy (non-hydrogen) atoms. The minimum Gasteiger partial charge on any atom is -0.492 e. The van der Waals surface area contributed by atoms with Gasteiger partial charge in [0, 0.05) is 6.54 Å². The van der Waals surface area contributed by atoms with Crippen molar-refractivity contribution < 1.29 is 17.9 Å². The second-order valence-electron chi connectivity index (χ2n) is 6.78. The lowest BCUT2D eigenvalue weighted by Gasteiger charge is -2.25. The number of rotatable bonds is 7. The van der Waals surface area contributed by atoms with Crippen LogP contribution in [0.25, 0.3) is 0 Å². The van der Waals surface area contributed by atoms with Crippen LogP contribution in [-0.4, -0.2) is 33.3 Å². The average molecular weight is 367 g/mol. The van der Waals surface area contributed by atoms with Gasteiger partial charge in [-0.1, -0.05) is 25.5 Å². The molecule has 1 heterocycles. The number of nitrogens with zero attached hydrogens (tertiary/aromatic N) is 1. The Bertz CT molecular complexity index is 785. The van der Waals surface area contributed by atoms with Crippen molar-refractivity contribution >= 4 is 21.8 Å². The second-order valence-corrected chi connectivity index (χ2v) is 8.41. The predicted octanol–water partition coefficient (Wildman–Crippen LogP) is 1.56. The van der Waals surface area contributed by atoms with Crippen molar-refractivity contribution in [3.05, 3.63) is 29.3 Å². The summed E-state index contributed by atoms with van der Waals surface area (Å²) >= 11 is 0. The van der Waals surface area contributed by atoms with Gasteiger partial charge in [0.05, 0.1) is 16.7 Å². The molecule has 0 bridgehead atoms. The molecule has 0 spiro atoms. The Morgan fingerprint density at radius 1 is 1.40 bits per heavy atom. The fourth-order valence-electron chi connectivity index (χ4n) is 2.47. The highest BCUT2D eigenvalue weighted by Gasteiger charge is 2.30. The maximum Gasteiger partial charge on any atom is 0.259 e. The Hall–Kier alpha value is -2.09. The second kappa shape index (κ2) is 7.43. The summed E-state index contributed by atoms with van der Waals surface area (Å²) in [7, 11) is -3.59. The molecule has 0 radical (unpaired) electrons. The summed E-state index contributed by atoms with van der Waals surface area (Å²) in [6.07, 6.45) is 1.94. The van der Waals surface area contributed by atoms with Crippen molar-refractivity contribution in [2.24, 2.45) is 15.5 Å². The number of amidine groups is 1. The molecule has 0 aliphatic carbocycles. The highest BCUT2D eigenvalue weighted by atomic mass is 32.2. The van der Waals surface area contributed by atoms with Gasteiger partial charge < -0.3 is 15.8 Å². The quantitative estimate of drug-likeness (QED) is 0.711. The molecule has 2 rings (SSSR count). The molecule has 1 amide bonds. The molecule has 138 valence electrons. The lowest BCUT2D eigenvalue weighted by atomic mass is 9.93. The van der Waals surface area contributed by atoms with Gasteiger partial charge in [0.15, 0.2) is 0 Å². The van der Waals surface area contributed by atoms with Gasteiger partial charge in [-0.3, -0.25) is 4.79 Å². The van der Waals surface area contributed by atoms with Gasteiger partial charge >= 0.3 is 0 Å². The van der Waals surface area contributed by atoms with Crippen molar-refractivity contribution in [3.63, 3.8) is 0 Å². The molecular weight excluding hydrogens is 342 g/mol. The minimum atomic E-state index is -3.59. The molecule has 0 unspecified atom stereocenters. The number of carbonyl (C=O) groups is 1. The van der Waals surface area contributed by atoms with E-state index in [-0.39, 0.29) is 24.1 Å². The van der Waals surface area contributed by atoms with E-state index in [1.807, 2.05) is 0 Å². The van der Waals surface area contributed by atoms with Crippen molar-refractivity contribution in [1.82, 2.24) is 5.32 Å². The van der Waals surface area contributed by atoms with Gasteiger partial charge in [-0.2, -0.15) is 0 Å². The zero-order chi connectivity index (χ0) is 18.7. The maximum absolute atomic E-state index is 12.3. The van der Waals surface area contributed by atoms with Crippen molar-refractivity contribution in [3.8, 4) is 5.75 Å². The summed E-state index contributed by atoms with van der Waals surface area (Å²) < 4.78 is 32.8. The summed E-state index contributed by atoms with van der Waals surface area (Å²) in [5, 5.41) is 2.90.